The summed E-state index contributed by atoms with van der Waals surface area (Å²) < 4.78 is 15.1. The summed E-state index contributed by atoms with van der Waals surface area (Å²) in [7, 11) is 0. The number of hydrogen-bond donors (Lipinski definition) is 1. The molecular formula is C16H22FN3. The molecule has 20 heavy (non-hydrogen) atoms. The van der Waals surface area contributed by atoms with Gasteiger partial charge < -0.3 is 9.88 Å². The molecule has 0 fully saturated rings. The van der Waals surface area contributed by atoms with E-state index in [1.54, 1.807) is 6.20 Å². The van der Waals surface area contributed by atoms with Crippen molar-refractivity contribution >= 4 is 0 Å². The standard InChI is InChI=1S/C16H22FN3/c1-2-3-4-16(14-5-7-15(17)8-6-14)19-10-12-20-11-9-18-13-20/h5-9,11,13,16,19H,2-4,10,12H2,1H3. The smallest absolute Gasteiger partial charge is 0.123 e. The number of benzene rings is 1. The summed E-state index contributed by atoms with van der Waals surface area (Å²) >= 11 is 0. The minimum Gasteiger partial charge on any atom is -0.336 e. The summed E-state index contributed by atoms with van der Waals surface area (Å²) in [5, 5.41) is 3.56. The van der Waals surface area contributed by atoms with Gasteiger partial charge in [-0.25, -0.2) is 9.37 Å². The van der Waals surface area contributed by atoms with Gasteiger partial charge in [-0.2, -0.15) is 0 Å². The lowest BCUT2D eigenvalue weighted by Crippen LogP contribution is -2.25. The van der Waals surface area contributed by atoms with Crippen LogP contribution in [0.3, 0.4) is 0 Å². The molecule has 1 aromatic carbocycles. The molecule has 0 radical (unpaired) electrons. The van der Waals surface area contributed by atoms with Crippen molar-refractivity contribution in [3.63, 3.8) is 0 Å². The minimum atomic E-state index is -0.179. The highest BCUT2D eigenvalue weighted by Crippen LogP contribution is 2.19. The Morgan fingerprint density at radius 3 is 2.75 bits per heavy atom. The van der Waals surface area contributed by atoms with E-state index in [2.05, 4.69) is 21.8 Å². The summed E-state index contributed by atoms with van der Waals surface area (Å²) in [5.41, 5.74) is 1.16. The van der Waals surface area contributed by atoms with Crippen LogP contribution in [0.2, 0.25) is 0 Å². The van der Waals surface area contributed by atoms with E-state index in [0.29, 0.717) is 6.04 Å². The first-order chi connectivity index (χ1) is 9.79. The summed E-state index contributed by atoms with van der Waals surface area (Å²) in [6.07, 6.45) is 8.98. The third-order valence-corrected chi connectivity index (χ3v) is 3.44. The van der Waals surface area contributed by atoms with Gasteiger partial charge in [0, 0.05) is 31.5 Å². The molecular weight excluding hydrogens is 253 g/mol. The van der Waals surface area contributed by atoms with Crippen LogP contribution >= 0.6 is 0 Å². The molecule has 2 aromatic rings. The SMILES string of the molecule is CCCCC(NCCn1ccnc1)c1ccc(F)cc1. The number of imidazole rings is 1. The van der Waals surface area contributed by atoms with Crippen LogP contribution in [0.4, 0.5) is 4.39 Å². The molecule has 1 aromatic heterocycles. The second kappa shape index (κ2) is 7.80. The lowest BCUT2D eigenvalue weighted by atomic mass is 10.0. The molecule has 0 saturated carbocycles. The average molecular weight is 275 g/mol. The van der Waals surface area contributed by atoms with Crippen molar-refractivity contribution in [3.8, 4) is 0 Å². The number of nitrogens with zero attached hydrogens (tertiary/aromatic N) is 2. The number of hydrogen-bond acceptors (Lipinski definition) is 2. The first-order valence-corrected chi connectivity index (χ1v) is 7.24. The lowest BCUT2D eigenvalue weighted by molar-refractivity contribution is 0.463. The maximum absolute atomic E-state index is 13.0. The van der Waals surface area contributed by atoms with Crippen molar-refractivity contribution in [3.05, 3.63) is 54.4 Å². The van der Waals surface area contributed by atoms with Gasteiger partial charge in [0.05, 0.1) is 6.33 Å². The molecule has 108 valence electrons. The zero-order valence-corrected chi connectivity index (χ0v) is 11.9. The van der Waals surface area contributed by atoms with E-state index < -0.39 is 0 Å². The number of unbranched alkanes of at least 4 members (excludes halogenated alkanes) is 1. The summed E-state index contributed by atoms with van der Waals surface area (Å²) in [6, 6.07) is 7.11. The van der Waals surface area contributed by atoms with Gasteiger partial charge in [0.2, 0.25) is 0 Å². The molecule has 2 rings (SSSR count). The van der Waals surface area contributed by atoms with E-state index in [4.69, 9.17) is 0 Å². The Hall–Kier alpha value is -1.68. The number of halogens is 1. The van der Waals surface area contributed by atoms with Crippen LogP contribution in [0.25, 0.3) is 0 Å². The maximum Gasteiger partial charge on any atom is 0.123 e. The zero-order chi connectivity index (χ0) is 14.2. The van der Waals surface area contributed by atoms with Crippen molar-refractivity contribution in [2.45, 2.75) is 38.8 Å². The molecule has 0 amide bonds. The largest absolute Gasteiger partial charge is 0.336 e. The number of nitrogens with one attached hydrogen (secondary N) is 1. The van der Waals surface area contributed by atoms with E-state index in [0.717, 1.165) is 25.1 Å². The van der Waals surface area contributed by atoms with E-state index in [9.17, 15) is 4.39 Å². The molecule has 0 bridgehead atoms. The highest BCUT2D eigenvalue weighted by molar-refractivity contribution is 5.19. The molecule has 0 saturated heterocycles. The van der Waals surface area contributed by atoms with Crippen LogP contribution in [-0.2, 0) is 6.54 Å². The maximum atomic E-state index is 13.0. The first kappa shape index (κ1) is 14.7. The van der Waals surface area contributed by atoms with Gasteiger partial charge in [-0.1, -0.05) is 31.9 Å². The second-order valence-corrected chi connectivity index (χ2v) is 5.00. The van der Waals surface area contributed by atoms with E-state index in [-0.39, 0.29) is 5.82 Å². The molecule has 0 spiro atoms. The fourth-order valence-electron chi connectivity index (χ4n) is 2.28. The van der Waals surface area contributed by atoms with E-state index >= 15 is 0 Å². The van der Waals surface area contributed by atoms with E-state index in [1.165, 1.54) is 25.0 Å². The monoisotopic (exact) mass is 275 g/mol. The third kappa shape index (κ3) is 4.46. The Morgan fingerprint density at radius 2 is 2.10 bits per heavy atom. The molecule has 0 aliphatic carbocycles. The lowest BCUT2D eigenvalue weighted by Gasteiger charge is -2.19. The third-order valence-electron chi connectivity index (χ3n) is 3.44. The van der Waals surface area contributed by atoms with Crippen molar-refractivity contribution < 1.29 is 4.39 Å². The second-order valence-electron chi connectivity index (χ2n) is 5.00. The summed E-state index contributed by atoms with van der Waals surface area (Å²) in [5.74, 6) is -0.179. The van der Waals surface area contributed by atoms with Gasteiger partial charge in [-0.05, 0) is 24.1 Å². The van der Waals surface area contributed by atoms with Gasteiger partial charge in [-0.3, -0.25) is 0 Å². The number of rotatable bonds is 8. The molecule has 1 unspecified atom stereocenters. The summed E-state index contributed by atoms with van der Waals surface area (Å²) in [6.45, 7) is 3.96. The molecule has 0 aliphatic rings. The fourth-order valence-corrected chi connectivity index (χ4v) is 2.28. The molecule has 0 aliphatic heterocycles. The van der Waals surface area contributed by atoms with Crippen LogP contribution in [0.1, 0.15) is 37.8 Å². The van der Waals surface area contributed by atoms with Gasteiger partial charge in [0.1, 0.15) is 5.82 Å². The van der Waals surface area contributed by atoms with Crippen molar-refractivity contribution in [1.82, 2.24) is 14.9 Å². The quantitative estimate of drug-likeness (QED) is 0.798. The van der Waals surface area contributed by atoms with Gasteiger partial charge in [0.15, 0.2) is 0 Å². The molecule has 1 heterocycles. The Balaban J connectivity index is 1.90. The average Bonchev–Trinajstić information content (AvgIpc) is 2.97. The Labute approximate surface area is 119 Å². The number of aromatic nitrogens is 2. The minimum absolute atomic E-state index is 0.179. The molecule has 3 nitrogen and oxygen atoms in total. The van der Waals surface area contributed by atoms with E-state index in [1.807, 2.05) is 24.7 Å². The van der Waals surface area contributed by atoms with Crippen molar-refractivity contribution in [2.24, 2.45) is 0 Å². The molecule has 4 heteroatoms. The Kier molecular flexibility index (Phi) is 5.74. The first-order valence-electron chi connectivity index (χ1n) is 7.24. The van der Waals surface area contributed by atoms with Gasteiger partial charge in [-0.15, -0.1) is 0 Å². The highest BCUT2D eigenvalue weighted by atomic mass is 19.1. The van der Waals surface area contributed by atoms with Crippen LogP contribution in [0, 0.1) is 5.82 Å². The van der Waals surface area contributed by atoms with Crippen LogP contribution in [-0.4, -0.2) is 16.1 Å². The summed E-state index contributed by atoms with van der Waals surface area (Å²) in [4.78, 5) is 4.03. The Bertz CT molecular complexity index is 479. The van der Waals surface area contributed by atoms with Crippen molar-refractivity contribution in [2.75, 3.05) is 6.54 Å². The normalized spacial score (nSPS) is 12.5. The van der Waals surface area contributed by atoms with Crippen LogP contribution < -0.4 is 5.32 Å². The Morgan fingerprint density at radius 1 is 1.30 bits per heavy atom. The van der Waals surface area contributed by atoms with Gasteiger partial charge in [0.25, 0.3) is 0 Å². The van der Waals surface area contributed by atoms with Crippen LogP contribution in [0.15, 0.2) is 43.0 Å². The van der Waals surface area contributed by atoms with Crippen molar-refractivity contribution in [1.29, 1.82) is 0 Å². The molecule has 1 atom stereocenters. The predicted octanol–water partition coefficient (Wildman–Crippen LogP) is 3.54. The highest BCUT2D eigenvalue weighted by Gasteiger charge is 2.10. The fraction of sp³-hybridized carbons (Fsp3) is 0.438. The predicted molar refractivity (Wildman–Crippen MR) is 78.9 cm³/mol. The van der Waals surface area contributed by atoms with Gasteiger partial charge >= 0.3 is 0 Å². The topological polar surface area (TPSA) is 29.9 Å². The van der Waals surface area contributed by atoms with Crippen LogP contribution in [0.5, 0.6) is 0 Å². The zero-order valence-electron chi connectivity index (χ0n) is 11.9. The molecule has 1 N–H and O–H groups in total.